The van der Waals surface area contributed by atoms with Gasteiger partial charge in [0, 0.05) is 6.42 Å². The predicted octanol–water partition coefficient (Wildman–Crippen LogP) is 3.30. The molecule has 10 nitrogen and oxygen atoms in total. The Morgan fingerprint density at radius 3 is 1.81 bits per heavy atom. The molecular weight excluding hydrogens is 538 g/mol. The molecule has 0 aromatic heterocycles. The number of esters is 1. The van der Waals surface area contributed by atoms with E-state index < -0.39 is 53.7 Å². The Balaban J connectivity index is 2.30. The van der Waals surface area contributed by atoms with E-state index in [1.165, 1.54) is 0 Å². The second-order valence-electron chi connectivity index (χ2n) is 11.6. The van der Waals surface area contributed by atoms with E-state index in [0.717, 1.165) is 11.1 Å². The quantitative estimate of drug-likeness (QED) is 0.250. The highest BCUT2D eigenvalue weighted by molar-refractivity contribution is 5.92. The van der Waals surface area contributed by atoms with E-state index in [2.05, 4.69) is 16.0 Å². The van der Waals surface area contributed by atoms with Gasteiger partial charge in [-0.15, -0.1) is 0 Å². The maximum atomic E-state index is 13.5. The van der Waals surface area contributed by atoms with Gasteiger partial charge in [-0.3, -0.25) is 9.59 Å². The number of alkyl carbamates (subject to hydrolysis) is 1. The maximum Gasteiger partial charge on any atom is 0.407 e. The first-order valence-electron chi connectivity index (χ1n) is 14.3. The lowest BCUT2D eigenvalue weighted by molar-refractivity contribution is -0.148. The Labute approximate surface area is 248 Å². The molecule has 42 heavy (non-hydrogen) atoms. The van der Waals surface area contributed by atoms with E-state index in [0.29, 0.717) is 6.42 Å². The van der Waals surface area contributed by atoms with Gasteiger partial charge in [-0.25, -0.2) is 9.59 Å². The highest BCUT2D eigenvalue weighted by Crippen LogP contribution is 2.13. The summed E-state index contributed by atoms with van der Waals surface area (Å²) < 4.78 is 10.5. The van der Waals surface area contributed by atoms with Crippen LogP contribution in [0.5, 0.6) is 0 Å². The number of aliphatic hydroxyl groups excluding tert-OH is 1. The monoisotopic (exact) mass is 583 g/mol. The van der Waals surface area contributed by atoms with Crippen LogP contribution in [0.15, 0.2) is 60.7 Å². The molecule has 2 aromatic carbocycles. The van der Waals surface area contributed by atoms with E-state index in [1.54, 1.807) is 27.7 Å². The van der Waals surface area contributed by atoms with Gasteiger partial charge in [-0.1, -0.05) is 74.5 Å². The number of carbonyl (C=O) groups is 4. The number of carbonyl (C=O) groups excluding carboxylic acids is 4. The number of hydrogen-bond donors (Lipinski definition) is 4. The van der Waals surface area contributed by atoms with Crippen LogP contribution in [-0.2, 0) is 36.7 Å². The Morgan fingerprint density at radius 2 is 1.31 bits per heavy atom. The molecule has 4 N–H and O–H groups in total. The molecule has 0 unspecified atom stereocenters. The van der Waals surface area contributed by atoms with Crippen molar-refractivity contribution in [2.45, 2.75) is 90.6 Å². The summed E-state index contributed by atoms with van der Waals surface area (Å²) in [7, 11) is 0. The van der Waals surface area contributed by atoms with Crippen molar-refractivity contribution < 1.29 is 33.8 Å². The molecule has 0 heterocycles. The van der Waals surface area contributed by atoms with Gasteiger partial charge in [-0.05, 0) is 57.6 Å². The summed E-state index contributed by atoms with van der Waals surface area (Å²) in [6, 6.07) is 15.0. The van der Waals surface area contributed by atoms with Gasteiger partial charge in [0.05, 0.1) is 12.6 Å². The van der Waals surface area contributed by atoms with Gasteiger partial charge in [0.15, 0.2) is 6.10 Å². The fraction of sp³-hybridized carbons (Fsp3) is 0.500. The number of nitrogens with one attached hydrogen (secondary N) is 3. The van der Waals surface area contributed by atoms with Crippen molar-refractivity contribution in [3.05, 3.63) is 71.8 Å². The average molecular weight is 584 g/mol. The molecule has 0 radical (unpaired) electrons. The van der Waals surface area contributed by atoms with E-state index in [9.17, 15) is 24.3 Å². The second kappa shape index (κ2) is 16.5. The number of ether oxygens (including phenoxy) is 2. The lowest BCUT2D eigenvalue weighted by Gasteiger charge is -2.28. The van der Waals surface area contributed by atoms with Crippen molar-refractivity contribution in [3.63, 3.8) is 0 Å². The van der Waals surface area contributed by atoms with E-state index in [4.69, 9.17) is 9.47 Å². The van der Waals surface area contributed by atoms with Gasteiger partial charge in [0.25, 0.3) is 5.91 Å². The molecule has 4 atom stereocenters. The van der Waals surface area contributed by atoms with Crippen molar-refractivity contribution in [1.29, 1.82) is 0 Å². The normalized spacial score (nSPS) is 14.2. The molecule has 0 saturated heterocycles. The molecule has 230 valence electrons. The summed E-state index contributed by atoms with van der Waals surface area (Å²) in [5, 5.41) is 19.1. The number of amides is 3. The zero-order chi connectivity index (χ0) is 31.3. The van der Waals surface area contributed by atoms with Gasteiger partial charge < -0.3 is 30.5 Å². The van der Waals surface area contributed by atoms with Crippen molar-refractivity contribution in [2.24, 2.45) is 5.92 Å². The molecule has 2 rings (SSSR count). The Bertz CT molecular complexity index is 1150. The van der Waals surface area contributed by atoms with Crippen molar-refractivity contribution in [3.8, 4) is 0 Å². The molecule has 0 spiro atoms. The second-order valence-corrected chi connectivity index (χ2v) is 11.6. The van der Waals surface area contributed by atoms with E-state index in [-0.39, 0.29) is 25.4 Å². The molecule has 0 fully saturated rings. The van der Waals surface area contributed by atoms with E-state index in [1.807, 2.05) is 74.5 Å². The smallest absolute Gasteiger partial charge is 0.407 e. The van der Waals surface area contributed by atoms with Crippen LogP contribution in [0.3, 0.4) is 0 Å². The van der Waals surface area contributed by atoms with Gasteiger partial charge in [0.2, 0.25) is 5.91 Å². The summed E-state index contributed by atoms with van der Waals surface area (Å²) in [5.74, 6) is -1.94. The first kappa shape index (κ1) is 34.3. The number of aliphatic hydroxyl groups is 1. The highest BCUT2D eigenvalue weighted by atomic mass is 16.6. The van der Waals surface area contributed by atoms with Crippen LogP contribution in [0.4, 0.5) is 4.79 Å². The summed E-state index contributed by atoms with van der Waals surface area (Å²) in [6.07, 6.45) is -1.94. The average Bonchev–Trinajstić information content (AvgIpc) is 2.91. The van der Waals surface area contributed by atoms with Gasteiger partial charge >= 0.3 is 12.1 Å². The van der Waals surface area contributed by atoms with Crippen molar-refractivity contribution >= 4 is 23.9 Å². The molecular formula is C32H45N3O7. The molecule has 0 saturated carbocycles. The Kier molecular flexibility index (Phi) is 13.5. The first-order valence-corrected chi connectivity index (χ1v) is 14.3. The Morgan fingerprint density at radius 1 is 0.786 bits per heavy atom. The molecule has 3 amide bonds. The predicted molar refractivity (Wildman–Crippen MR) is 159 cm³/mol. The minimum atomic E-state index is -1.72. The lowest BCUT2D eigenvalue weighted by Crippen LogP contribution is -2.58. The van der Waals surface area contributed by atoms with Crippen LogP contribution in [0.1, 0.15) is 59.1 Å². The number of rotatable bonds is 14. The molecule has 0 aliphatic heterocycles. The van der Waals surface area contributed by atoms with Crippen LogP contribution in [0.2, 0.25) is 0 Å². The van der Waals surface area contributed by atoms with Crippen LogP contribution in [-0.4, -0.2) is 65.4 Å². The SMILES string of the molecule is CCOC(=O)[C@H](CC(C)C)NC(=O)[C@H](Cc1ccccc1)NC(=O)[C@H](O)[C@H](Cc1ccccc1)NC(=O)OC(C)(C)C. The minimum absolute atomic E-state index is 0.0846. The molecule has 0 aliphatic rings. The molecule has 0 bridgehead atoms. The third kappa shape index (κ3) is 12.3. The zero-order valence-corrected chi connectivity index (χ0v) is 25.4. The number of benzene rings is 2. The highest BCUT2D eigenvalue weighted by Gasteiger charge is 2.34. The molecule has 2 aromatic rings. The first-order chi connectivity index (χ1) is 19.8. The fourth-order valence-corrected chi connectivity index (χ4v) is 4.27. The third-order valence-corrected chi connectivity index (χ3v) is 6.16. The fourth-order valence-electron chi connectivity index (χ4n) is 4.27. The lowest BCUT2D eigenvalue weighted by atomic mass is 9.99. The van der Waals surface area contributed by atoms with Crippen LogP contribution in [0.25, 0.3) is 0 Å². The largest absolute Gasteiger partial charge is 0.464 e. The van der Waals surface area contributed by atoms with Crippen LogP contribution in [0, 0.1) is 5.92 Å². The summed E-state index contributed by atoms with van der Waals surface area (Å²) in [4.78, 5) is 52.1. The summed E-state index contributed by atoms with van der Waals surface area (Å²) in [6.45, 7) is 10.8. The molecule has 10 heteroatoms. The van der Waals surface area contributed by atoms with Gasteiger partial charge in [-0.2, -0.15) is 0 Å². The summed E-state index contributed by atoms with van der Waals surface area (Å²) >= 11 is 0. The van der Waals surface area contributed by atoms with E-state index >= 15 is 0 Å². The van der Waals surface area contributed by atoms with Crippen LogP contribution >= 0.6 is 0 Å². The van der Waals surface area contributed by atoms with Crippen molar-refractivity contribution in [1.82, 2.24) is 16.0 Å². The third-order valence-electron chi connectivity index (χ3n) is 6.16. The molecule has 0 aliphatic carbocycles. The number of hydrogen-bond acceptors (Lipinski definition) is 7. The Hall–Kier alpha value is -3.92. The zero-order valence-electron chi connectivity index (χ0n) is 25.4. The van der Waals surface area contributed by atoms with Gasteiger partial charge in [0.1, 0.15) is 17.7 Å². The summed E-state index contributed by atoms with van der Waals surface area (Å²) in [5.41, 5.74) is 0.741. The van der Waals surface area contributed by atoms with Crippen molar-refractivity contribution in [2.75, 3.05) is 6.61 Å². The maximum absolute atomic E-state index is 13.5. The minimum Gasteiger partial charge on any atom is -0.464 e. The topological polar surface area (TPSA) is 143 Å². The standard InChI is InChI=1S/C32H45N3O7/c1-7-41-30(39)26(18-21(2)3)34-28(37)25(20-23-16-12-9-13-17-23)33-29(38)27(36)24(19-22-14-10-8-11-15-22)35-31(40)42-32(4,5)6/h8-17,21,24-27,36H,7,18-20H2,1-6H3,(H,33,38)(H,34,37)(H,35,40)/t24-,25-,26-,27+/m0/s1. The van der Waals surface area contributed by atoms with Crippen LogP contribution < -0.4 is 16.0 Å².